The molecule has 8 nitrogen and oxygen atoms in total. The first-order chi connectivity index (χ1) is 16.3. The number of hydrogen-bond donors (Lipinski definition) is 2. The Morgan fingerprint density at radius 3 is 2.59 bits per heavy atom. The van der Waals surface area contributed by atoms with Crippen molar-refractivity contribution in [1.82, 2.24) is 24.1 Å². The Hall–Kier alpha value is -3.73. The number of nitrogens with one attached hydrogen (secondary N) is 1. The van der Waals surface area contributed by atoms with Crippen LogP contribution in [0, 0.1) is 0 Å². The first-order valence-electron chi connectivity index (χ1n) is 10.8. The lowest BCUT2D eigenvalue weighted by molar-refractivity contribution is -0.137. The highest BCUT2D eigenvalue weighted by Gasteiger charge is 2.31. The number of hydrogen-bond acceptors (Lipinski definition) is 5. The molecule has 1 aromatic carbocycles. The first-order valence-corrected chi connectivity index (χ1v) is 10.8. The van der Waals surface area contributed by atoms with Crippen molar-refractivity contribution in [1.29, 1.82) is 0 Å². The number of fused-ring (bicyclic) bond motifs is 1. The van der Waals surface area contributed by atoms with Crippen LogP contribution in [0.4, 0.5) is 19.1 Å². The fourth-order valence-electron chi connectivity index (χ4n) is 4.26. The molecule has 0 radical (unpaired) electrons. The number of amides is 1. The summed E-state index contributed by atoms with van der Waals surface area (Å²) in [5.74, 6) is 0.111. The molecule has 1 aliphatic carbocycles. The highest BCUT2D eigenvalue weighted by atomic mass is 19.4. The van der Waals surface area contributed by atoms with Gasteiger partial charge in [-0.15, -0.1) is 0 Å². The number of benzene rings is 1. The largest absolute Gasteiger partial charge is 0.416 e. The van der Waals surface area contributed by atoms with Crippen LogP contribution in [-0.4, -0.2) is 41.2 Å². The summed E-state index contributed by atoms with van der Waals surface area (Å²) in [5.41, 5.74) is 0.0439. The summed E-state index contributed by atoms with van der Waals surface area (Å²) in [6.45, 7) is 0. The molecule has 2 N–H and O–H groups in total. The van der Waals surface area contributed by atoms with Crippen molar-refractivity contribution in [2.75, 3.05) is 5.32 Å². The lowest BCUT2D eigenvalue weighted by Gasteiger charge is -2.28. The van der Waals surface area contributed by atoms with Crippen molar-refractivity contribution >= 4 is 23.0 Å². The van der Waals surface area contributed by atoms with E-state index >= 15 is 0 Å². The number of aliphatic hydroxyl groups excluding tert-OH is 1. The second-order valence-corrected chi connectivity index (χ2v) is 8.28. The monoisotopic (exact) mass is 470 g/mol. The normalized spacial score (nSPS) is 18.8. The van der Waals surface area contributed by atoms with E-state index in [0.717, 1.165) is 12.1 Å². The Morgan fingerprint density at radius 2 is 1.88 bits per heavy atom. The number of nitrogens with zero attached hydrogens (tertiary/aromatic N) is 5. The van der Waals surface area contributed by atoms with Gasteiger partial charge in [0.05, 0.1) is 11.7 Å². The van der Waals surface area contributed by atoms with E-state index in [1.54, 1.807) is 35.4 Å². The van der Waals surface area contributed by atoms with E-state index < -0.39 is 17.6 Å². The Balaban J connectivity index is 1.54. The molecule has 3 heterocycles. The van der Waals surface area contributed by atoms with Gasteiger partial charge in [0, 0.05) is 24.0 Å². The van der Waals surface area contributed by atoms with Crippen LogP contribution in [-0.2, 0) is 6.18 Å². The minimum Gasteiger partial charge on any atom is -0.393 e. The summed E-state index contributed by atoms with van der Waals surface area (Å²) < 4.78 is 42.9. The fraction of sp³-hybridized carbons (Fsp3) is 0.304. The molecule has 0 aliphatic heterocycles. The van der Waals surface area contributed by atoms with Crippen molar-refractivity contribution < 1.29 is 23.1 Å². The number of alkyl halides is 3. The second-order valence-electron chi connectivity index (χ2n) is 8.28. The van der Waals surface area contributed by atoms with Gasteiger partial charge in [-0.25, -0.2) is 15.0 Å². The van der Waals surface area contributed by atoms with Crippen LogP contribution in [0.5, 0.6) is 0 Å². The van der Waals surface area contributed by atoms with Crippen molar-refractivity contribution in [2.24, 2.45) is 0 Å². The van der Waals surface area contributed by atoms with E-state index in [0.29, 0.717) is 42.7 Å². The summed E-state index contributed by atoms with van der Waals surface area (Å²) in [6.07, 6.45) is 2.53. The Bertz CT molecular complexity index is 1320. The first kappa shape index (κ1) is 22.1. The molecule has 11 heteroatoms. The predicted octanol–water partition coefficient (Wildman–Crippen LogP) is 4.36. The van der Waals surface area contributed by atoms with Gasteiger partial charge >= 0.3 is 6.18 Å². The number of rotatable bonds is 4. The number of pyridine rings is 1. The van der Waals surface area contributed by atoms with Crippen LogP contribution in [0.15, 0.2) is 55.1 Å². The molecular formula is C23H21F3N6O2. The van der Waals surface area contributed by atoms with Gasteiger partial charge in [0.1, 0.15) is 17.7 Å². The molecule has 5 rings (SSSR count). The number of aromatic nitrogens is 5. The highest BCUT2D eigenvalue weighted by Crippen LogP contribution is 2.35. The molecule has 1 saturated carbocycles. The Kier molecular flexibility index (Phi) is 5.56. The van der Waals surface area contributed by atoms with Gasteiger partial charge in [0.25, 0.3) is 5.91 Å². The molecule has 0 spiro atoms. The van der Waals surface area contributed by atoms with Gasteiger partial charge < -0.3 is 5.11 Å². The number of anilines is 1. The lowest BCUT2D eigenvalue weighted by Crippen LogP contribution is -2.24. The molecule has 3 aromatic heterocycles. The standard InChI is InChI=1S/C23H21F3N6O2/c24-23(25,26)15-3-1-2-14(12-15)21(34)30-22-28-18-8-9-19(31-11-10-27-13-31)29-20(18)32(22)16-4-6-17(33)7-5-16/h1-3,8-13,16-17,33H,4-7H2,(H,28,30,34). The highest BCUT2D eigenvalue weighted by molar-refractivity contribution is 6.04. The smallest absolute Gasteiger partial charge is 0.393 e. The van der Waals surface area contributed by atoms with E-state index in [9.17, 15) is 23.1 Å². The third-order valence-corrected chi connectivity index (χ3v) is 6.00. The molecule has 0 bridgehead atoms. The van der Waals surface area contributed by atoms with E-state index in [1.807, 2.05) is 4.57 Å². The zero-order valence-corrected chi connectivity index (χ0v) is 17.9. The minimum absolute atomic E-state index is 0.0873. The maximum absolute atomic E-state index is 13.1. The van der Waals surface area contributed by atoms with Gasteiger partial charge in [-0.1, -0.05) is 6.07 Å². The van der Waals surface area contributed by atoms with Crippen molar-refractivity contribution in [3.8, 4) is 5.82 Å². The predicted molar refractivity (Wildman–Crippen MR) is 118 cm³/mol. The lowest BCUT2D eigenvalue weighted by atomic mass is 9.93. The summed E-state index contributed by atoms with van der Waals surface area (Å²) in [4.78, 5) is 26.2. The third kappa shape index (κ3) is 4.26. The van der Waals surface area contributed by atoms with Crippen molar-refractivity contribution in [3.05, 3.63) is 66.2 Å². The van der Waals surface area contributed by atoms with E-state index in [-0.39, 0.29) is 23.7 Å². The van der Waals surface area contributed by atoms with Crippen LogP contribution in [0.3, 0.4) is 0 Å². The number of carbonyl (C=O) groups is 1. The quantitative estimate of drug-likeness (QED) is 0.462. The van der Waals surface area contributed by atoms with E-state index in [2.05, 4.69) is 15.3 Å². The second kappa shape index (κ2) is 8.56. The van der Waals surface area contributed by atoms with Gasteiger partial charge in [-0.05, 0) is 56.0 Å². The number of aliphatic hydroxyl groups is 1. The summed E-state index contributed by atoms with van der Waals surface area (Å²) in [7, 11) is 0. The van der Waals surface area contributed by atoms with Crippen LogP contribution in [0.1, 0.15) is 47.6 Å². The molecule has 4 aromatic rings. The minimum atomic E-state index is -4.56. The van der Waals surface area contributed by atoms with Gasteiger partial charge in [-0.2, -0.15) is 13.2 Å². The van der Waals surface area contributed by atoms with Crippen LogP contribution >= 0.6 is 0 Å². The molecule has 1 aliphatic rings. The maximum Gasteiger partial charge on any atom is 0.416 e. The molecule has 176 valence electrons. The van der Waals surface area contributed by atoms with Crippen LogP contribution in [0.25, 0.3) is 17.0 Å². The van der Waals surface area contributed by atoms with E-state index in [1.165, 1.54) is 12.1 Å². The fourth-order valence-corrected chi connectivity index (χ4v) is 4.26. The van der Waals surface area contributed by atoms with Crippen molar-refractivity contribution in [3.63, 3.8) is 0 Å². The van der Waals surface area contributed by atoms with Crippen molar-refractivity contribution in [2.45, 2.75) is 44.0 Å². The average Bonchev–Trinajstić information content (AvgIpc) is 3.47. The number of imidazole rings is 2. The molecule has 0 saturated heterocycles. The summed E-state index contributed by atoms with van der Waals surface area (Å²) in [6, 6.07) is 7.70. The third-order valence-electron chi connectivity index (χ3n) is 6.00. The molecule has 1 fully saturated rings. The van der Waals surface area contributed by atoms with Crippen LogP contribution in [0.2, 0.25) is 0 Å². The van der Waals surface area contributed by atoms with Gasteiger partial charge in [0.15, 0.2) is 5.65 Å². The van der Waals surface area contributed by atoms with Gasteiger partial charge in [-0.3, -0.25) is 19.2 Å². The average molecular weight is 470 g/mol. The zero-order valence-electron chi connectivity index (χ0n) is 17.9. The maximum atomic E-state index is 13.1. The molecule has 34 heavy (non-hydrogen) atoms. The zero-order chi connectivity index (χ0) is 23.9. The number of halogens is 3. The topological polar surface area (TPSA) is 97.9 Å². The number of carbonyl (C=O) groups excluding carboxylic acids is 1. The Labute approximate surface area is 192 Å². The molecular weight excluding hydrogens is 449 g/mol. The Morgan fingerprint density at radius 1 is 1.09 bits per heavy atom. The van der Waals surface area contributed by atoms with Crippen LogP contribution < -0.4 is 5.32 Å². The van der Waals surface area contributed by atoms with Gasteiger partial charge in [0.2, 0.25) is 5.95 Å². The van der Waals surface area contributed by atoms with E-state index in [4.69, 9.17) is 4.98 Å². The summed E-state index contributed by atoms with van der Waals surface area (Å²) in [5, 5.41) is 12.6. The molecule has 0 atom stereocenters. The molecule has 1 amide bonds. The SMILES string of the molecule is O=C(Nc1nc2ccc(-n3ccnc3)nc2n1C1CCC(O)CC1)c1cccc(C(F)(F)F)c1. The molecule has 0 unspecified atom stereocenters. The summed E-state index contributed by atoms with van der Waals surface area (Å²) >= 11 is 0.